The van der Waals surface area contributed by atoms with Crippen LogP contribution >= 0.6 is 0 Å². The molecule has 1 N–H and O–H groups in total. The van der Waals surface area contributed by atoms with E-state index in [0.717, 1.165) is 6.54 Å². The Balaban J connectivity index is 1.60. The molecule has 1 aromatic rings. The highest BCUT2D eigenvalue weighted by atomic mass is 15.2. The van der Waals surface area contributed by atoms with Gasteiger partial charge in [0.15, 0.2) is 0 Å². The average Bonchev–Trinajstić information content (AvgIpc) is 2.64. The summed E-state index contributed by atoms with van der Waals surface area (Å²) in [6.45, 7) is 6.15. The van der Waals surface area contributed by atoms with Crippen LogP contribution in [-0.4, -0.2) is 31.1 Å². The zero-order valence-electron chi connectivity index (χ0n) is 11.2. The molecule has 0 saturated carbocycles. The zero-order valence-corrected chi connectivity index (χ0v) is 11.2. The highest BCUT2D eigenvalue weighted by Gasteiger charge is 2.37. The molecular formula is C16H24N2. The second kappa shape index (κ2) is 5.41. The van der Waals surface area contributed by atoms with Gasteiger partial charge in [-0.05, 0) is 43.3 Å². The van der Waals surface area contributed by atoms with Gasteiger partial charge in [-0.15, -0.1) is 0 Å². The van der Waals surface area contributed by atoms with E-state index in [0.29, 0.717) is 5.41 Å². The van der Waals surface area contributed by atoms with E-state index in [1.807, 2.05) is 0 Å². The largest absolute Gasteiger partial charge is 0.316 e. The minimum atomic E-state index is 0.575. The van der Waals surface area contributed by atoms with Crippen LogP contribution in [-0.2, 0) is 6.54 Å². The van der Waals surface area contributed by atoms with Gasteiger partial charge in [0, 0.05) is 19.6 Å². The van der Waals surface area contributed by atoms with E-state index in [9.17, 15) is 0 Å². The van der Waals surface area contributed by atoms with E-state index in [-0.39, 0.29) is 0 Å². The van der Waals surface area contributed by atoms with Crippen molar-refractivity contribution < 1.29 is 0 Å². The number of nitrogens with one attached hydrogen (secondary N) is 1. The molecule has 1 spiro atoms. The molecule has 0 aliphatic carbocycles. The maximum absolute atomic E-state index is 3.64. The van der Waals surface area contributed by atoms with Crippen LogP contribution in [0.5, 0.6) is 0 Å². The summed E-state index contributed by atoms with van der Waals surface area (Å²) < 4.78 is 0. The molecule has 1 unspecified atom stereocenters. The van der Waals surface area contributed by atoms with Gasteiger partial charge in [0.1, 0.15) is 0 Å². The third kappa shape index (κ3) is 2.76. The highest BCUT2D eigenvalue weighted by molar-refractivity contribution is 5.14. The van der Waals surface area contributed by atoms with Gasteiger partial charge in [-0.2, -0.15) is 0 Å². The summed E-state index contributed by atoms with van der Waals surface area (Å²) >= 11 is 0. The molecular weight excluding hydrogens is 220 g/mol. The number of benzene rings is 1. The summed E-state index contributed by atoms with van der Waals surface area (Å²) in [4.78, 5) is 2.64. The summed E-state index contributed by atoms with van der Waals surface area (Å²) in [5, 5.41) is 3.64. The average molecular weight is 244 g/mol. The molecule has 3 rings (SSSR count). The van der Waals surface area contributed by atoms with E-state index in [2.05, 4.69) is 40.5 Å². The van der Waals surface area contributed by atoms with Crippen molar-refractivity contribution in [2.45, 2.75) is 32.2 Å². The molecule has 2 heterocycles. The lowest BCUT2D eigenvalue weighted by Crippen LogP contribution is -2.35. The molecule has 2 nitrogen and oxygen atoms in total. The summed E-state index contributed by atoms with van der Waals surface area (Å²) in [6, 6.07) is 10.9. The van der Waals surface area contributed by atoms with Crippen molar-refractivity contribution >= 4 is 0 Å². The monoisotopic (exact) mass is 244 g/mol. The Morgan fingerprint density at radius 3 is 2.89 bits per heavy atom. The van der Waals surface area contributed by atoms with E-state index in [1.165, 1.54) is 57.4 Å². The molecule has 0 amide bonds. The second-order valence-electron chi connectivity index (χ2n) is 6.08. The van der Waals surface area contributed by atoms with Gasteiger partial charge in [-0.3, -0.25) is 4.90 Å². The molecule has 2 aliphatic rings. The lowest BCUT2D eigenvalue weighted by Gasteiger charge is -2.28. The highest BCUT2D eigenvalue weighted by Crippen LogP contribution is 2.36. The molecule has 18 heavy (non-hydrogen) atoms. The van der Waals surface area contributed by atoms with Crippen LogP contribution in [0.3, 0.4) is 0 Å². The number of hydrogen-bond acceptors (Lipinski definition) is 2. The Bertz CT molecular complexity index is 366. The van der Waals surface area contributed by atoms with Crippen LogP contribution in [0.25, 0.3) is 0 Å². The Kier molecular flexibility index (Phi) is 3.67. The number of rotatable bonds is 2. The van der Waals surface area contributed by atoms with Crippen LogP contribution in [0.1, 0.15) is 31.2 Å². The molecule has 2 heteroatoms. The molecule has 0 aromatic heterocycles. The van der Waals surface area contributed by atoms with Crippen molar-refractivity contribution in [1.82, 2.24) is 10.2 Å². The SMILES string of the molecule is c1ccc(CN2CCC3(CCCCNC3)C2)cc1. The summed E-state index contributed by atoms with van der Waals surface area (Å²) in [6.07, 6.45) is 5.57. The normalized spacial score (nSPS) is 29.6. The molecule has 0 bridgehead atoms. The van der Waals surface area contributed by atoms with Crippen LogP contribution in [0.2, 0.25) is 0 Å². The fraction of sp³-hybridized carbons (Fsp3) is 0.625. The standard InChI is InChI=1S/C16H24N2/c1-2-6-15(7-3-1)12-18-11-9-16(14-18)8-4-5-10-17-13-16/h1-3,6-7,17H,4-5,8-14H2. The van der Waals surface area contributed by atoms with Gasteiger partial charge in [0.2, 0.25) is 0 Å². The maximum Gasteiger partial charge on any atom is 0.0233 e. The molecule has 1 atom stereocenters. The molecule has 2 fully saturated rings. The van der Waals surface area contributed by atoms with Gasteiger partial charge in [0.05, 0.1) is 0 Å². The van der Waals surface area contributed by atoms with Crippen LogP contribution in [0, 0.1) is 5.41 Å². The molecule has 0 radical (unpaired) electrons. The molecule has 2 aliphatic heterocycles. The van der Waals surface area contributed by atoms with Gasteiger partial charge in [-0.25, -0.2) is 0 Å². The van der Waals surface area contributed by atoms with Crippen molar-refractivity contribution in [2.75, 3.05) is 26.2 Å². The Morgan fingerprint density at radius 2 is 2.00 bits per heavy atom. The number of nitrogens with zero attached hydrogens (tertiary/aromatic N) is 1. The van der Waals surface area contributed by atoms with Crippen molar-refractivity contribution in [3.05, 3.63) is 35.9 Å². The second-order valence-corrected chi connectivity index (χ2v) is 6.08. The van der Waals surface area contributed by atoms with Crippen LogP contribution < -0.4 is 5.32 Å². The maximum atomic E-state index is 3.64. The topological polar surface area (TPSA) is 15.3 Å². The first-order valence-corrected chi connectivity index (χ1v) is 7.33. The predicted octanol–water partition coefficient (Wildman–Crippen LogP) is 2.65. The molecule has 2 saturated heterocycles. The summed E-state index contributed by atoms with van der Waals surface area (Å²) in [5.41, 5.74) is 2.03. The van der Waals surface area contributed by atoms with Gasteiger partial charge in [0.25, 0.3) is 0 Å². The van der Waals surface area contributed by atoms with Crippen molar-refractivity contribution in [1.29, 1.82) is 0 Å². The lowest BCUT2D eigenvalue weighted by atomic mass is 9.83. The van der Waals surface area contributed by atoms with Crippen molar-refractivity contribution in [2.24, 2.45) is 5.41 Å². The summed E-state index contributed by atoms with van der Waals surface area (Å²) in [7, 11) is 0. The van der Waals surface area contributed by atoms with E-state index >= 15 is 0 Å². The Morgan fingerprint density at radius 1 is 1.11 bits per heavy atom. The fourth-order valence-electron chi connectivity index (χ4n) is 3.54. The third-order valence-corrected chi connectivity index (χ3v) is 4.58. The smallest absolute Gasteiger partial charge is 0.0233 e. The van der Waals surface area contributed by atoms with Crippen LogP contribution in [0.15, 0.2) is 30.3 Å². The van der Waals surface area contributed by atoms with Crippen molar-refractivity contribution in [3.63, 3.8) is 0 Å². The number of hydrogen-bond donors (Lipinski definition) is 1. The lowest BCUT2D eigenvalue weighted by molar-refractivity contribution is 0.237. The molecule has 1 aromatic carbocycles. The van der Waals surface area contributed by atoms with Crippen molar-refractivity contribution in [3.8, 4) is 0 Å². The third-order valence-electron chi connectivity index (χ3n) is 4.58. The first kappa shape index (κ1) is 12.2. The van der Waals surface area contributed by atoms with Gasteiger partial charge < -0.3 is 5.32 Å². The molecule has 98 valence electrons. The minimum absolute atomic E-state index is 0.575. The Labute approximate surface area is 110 Å². The zero-order chi connectivity index (χ0) is 12.3. The van der Waals surface area contributed by atoms with Gasteiger partial charge >= 0.3 is 0 Å². The fourth-order valence-corrected chi connectivity index (χ4v) is 3.54. The summed E-state index contributed by atoms with van der Waals surface area (Å²) in [5.74, 6) is 0. The predicted molar refractivity (Wildman–Crippen MR) is 75.5 cm³/mol. The quantitative estimate of drug-likeness (QED) is 0.860. The first-order valence-electron chi connectivity index (χ1n) is 7.33. The van der Waals surface area contributed by atoms with E-state index in [4.69, 9.17) is 0 Å². The van der Waals surface area contributed by atoms with Gasteiger partial charge in [-0.1, -0.05) is 36.8 Å². The Hall–Kier alpha value is -0.860. The van der Waals surface area contributed by atoms with Crippen LogP contribution in [0.4, 0.5) is 0 Å². The van der Waals surface area contributed by atoms with E-state index < -0.39 is 0 Å². The number of likely N-dealkylation sites (tertiary alicyclic amines) is 1. The first-order chi connectivity index (χ1) is 8.86. The van der Waals surface area contributed by atoms with E-state index in [1.54, 1.807) is 0 Å². The minimum Gasteiger partial charge on any atom is -0.316 e.